The lowest BCUT2D eigenvalue weighted by Gasteiger charge is -2.03. The van der Waals surface area contributed by atoms with Crippen LogP contribution in [0.4, 0.5) is 0 Å². The van der Waals surface area contributed by atoms with E-state index in [4.69, 9.17) is 13.9 Å². The van der Waals surface area contributed by atoms with Crippen molar-refractivity contribution in [2.75, 3.05) is 14.2 Å². The molecule has 2 rings (SSSR count). The number of ether oxygens (including phenoxy) is 2. The lowest BCUT2D eigenvalue weighted by molar-refractivity contribution is 0.337. The molecule has 0 radical (unpaired) electrons. The summed E-state index contributed by atoms with van der Waals surface area (Å²) in [6.45, 7) is 3.67. The maximum Gasteiger partial charge on any atom is 0.406 e. The molecule has 1 aliphatic heterocycles. The zero-order valence-electron chi connectivity index (χ0n) is 8.53. The normalized spacial score (nSPS) is 12.8. The molecule has 0 fully saturated rings. The Morgan fingerprint density at radius 3 is 2.67 bits per heavy atom. The molecule has 0 aliphatic carbocycles. The molecule has 0 aromatic heterocycles. The fraction of sp³-hybridized carbons (Fsp3) is 0.182. The summed E-state index contributed by atoms with van der Waals surface area (Å²) in [4.78, 5) is 0. The molecule has 1 heterocycles. The highest BCUT2D eigenvalue weighted by Gasteiger charge is 2.24. The number of benzene rings is 1. The van der Waals surface area contributed by atoms with E-state index in [0.717, 1.165) is 5.22 Å². The SMILES string of the molecule is C=C1C=c2cc(OC)c(O)c(OC)c2=[O+]1. The third kappa shape index (κ3) is 1.34. The summed E-state index contributed by atoms with van der Waals surface area (Å²) in [6.07, 6.45) is 1.75. The van der Waals surface area contributed by atoms with Crippen LogP contribution >= 0.6 is 0 Å². The fourth-order valence-corrected chi connectivity index (χ4v) is 1.52. The van der Waals surface area contributed by atoms with Crippen LogP contribution in [-0.2, 0) is 0 Å². The second-order valence-corrected chi connectivity index (χ2v) is 3.09. The fourth-order valence-electron chi connectivity index (χ4n) is 1.52. The highest BCUT2D eigenvalue weighted by Crippen LogP contribution is 2.31. The van der Waals surface area contributed by atoms with Gasteiger partial charge in [-0.25, -0.2) is 4.42 Å². The molecule has 4 nitrogen and oxygen atoms in total. The van der Waals surface area contributed by atoms with E-state index in [0.29, 0.717) is 16.9 Å². The Hall–Kier alpha value is -1.97. The van der Waals surface area contributed by atoms with Gasteiger partial charge in [-0.15, -0.1) is 0 Å². The minimum atomic E-state index is -0.0677. The van der Waals surface area contributed by atoms with Crippen LogP contribution in [0.25, 0.3) is 6.08 Å². The van der Waals surface area contributed by atoms with E-state index in [1.165, 1.54) is 14.2 Å². The molecule has 0 saturated carbocycles. The van der Waals surface area contributed by atoms with E-state index < -0.39 is 0 Å². The van der Waals surface area contributed by atoms with Gasteiger partial charge in [-0.1, -0.05) is 0 Å². The first-order valence-corrected chi connectivity index (χ1v) is 4.36. The number of aromatic hydroxyl groups is 1. The molecule has 0 unspecified atom stereocenters. The first-order valence-electron chi connectivity index (χ1n) is 4.36. The summed E-state index contributed by atoms with van der Waals surface area (Å²) in [5, 5.41) is 10.5. The topological polar surface area (TPSA) is 50.0 Å². The Bertz CT molecular complexity index is 543. The summed E-state index contributed by atoms with van der Waals surface area (Å²) in [6, 6.07) is 1.67. The average Bonchev–Trinajstić information content (AvgIpc) is 2.57. The van der Waals surface area contributed by atoms with Crippen LogP contribution in [0.1, 0.15) is 0 Å². The Morgan fingerprint density at radius 2 is 2.07 bits per heavy atom. The molecule has 0 atom stereocenters. The smallest absolute Gasteiger partial charge is 0.406 e. The van der Waals surface area contributed by atoms with Crippen LogP contribution in [-0.4, -0.2) is 19.3 Å². The van der Waals surface area contributed by atoms with Crippen molar-refractivity contribution in [3.63, 3.8) is 0 Å². The quantitative estimate of drug-likeness (QED) is 0.711. The monoisotopic (exact) mass is 207 g/mol. The van der Waals surface area contributed by atoms with Gasteiger partial charge in [0.2, 0.25) is 5.75 Å². The Labute approximate surface area is 86.4 Å². The van der Waals surface area contributed by atoms with Crippen molar-refractivity contribution in [1.82, 2.24) is 0 Å². The van der Waals surface area contributed by atoms with E-state index >= 15 is 0 Å². The van der Waals surface area contributed by atoms with Gasteiger partial charge in [-0.3, -0.25) is 0 Å². The van der Waals surface area contributed by atoms with Gasteiger partial charge < -0.3 is 14.6 Å². The minimum absolute atomic E-state index is 0.0677. The van der Waals surface area contributed by atoms with Crippen molar-refractivity contribution in [3.05, 3.63) is 33.5 Å². The van der Waals surface area contributed by atoms with Crippen LogP contribution < -0.4 is 20.1 Å². The number of methoxy groups -OCH3 is 2. The van der Waals surface area contributed by atoms with Crippen molar-refractivity contribution < 1.29 is 14.6 Å². The molecule has 1 aliphatic rings. The summed E-state index contributed by atoms with van der Waals surface area (Å²) in [5.41, 5.74) is 0.473. The van der Waals surface area contributed by atoms with Gasteiger partial charge in [0.1, 0.15) is 0 Å². The molecular weight excluding hydrogens is 196 g/mol. The summed E-state index contributed by atoms with van der Waals surface area (Å²) >= 11 is 0. The predicted octanol–water partition coefficient (Wildman–Crippen LogP) is 0.332. The number of hydrogen-bond acceptors (Lipinski definition) is 3. The molecular formula is C11H11O4+. The number of fused-ring (bicyclic) bond motifs is 1. The molecule has 1 aromatic carbocycles. The summed E-state index contributed by atoms with van der Waals surface area (Å²) in [7, 11) is 2.94. The first kappa shape index (κ1) is 9.58. The standard InChI is InChI=1S/C11H10O4/c1-6-4-7-5-8(13-2)9(12)11(14-3)10(7)15-6/h4-5H,1H2,2-3H3/p+1. The van der Waals surface area contributed by atoms with Crippen LogP contribution in [0.3, 0.4) is 0 Å². The van der Waals surface area contributed by atoms with E-state index in [1.807, 2.05) is 0 Å². The molecule has 1 aromatic rings. The number of allylic oxidation sites excluding steroid dienone is 1. The van der Waals surface area contributed by atoms with Gasteiger partial charge in [0.05, 0.1) is 25.5 Å². The van der Waals surface area contributed by atoms with Crippen LogP contribution in [0.5, 0.6) is 17.2 Å². The van der Waals surface area contributed by atoms with Gasteiger partial charge in [-0.05, 0) is 0 Å². The van der Waals surface area contributed by atoms with Crippen LogP contribution in [0, 0.1) is 0 Å². The summed E-state index contributed by atoms with van der Waals surface area (Å²) in [5.74, 6) is 1.05. The first-order chi connectivity index (χ1) is 7.17. The van der Waals surface area contributed by atoms with Crippen molar-refractivity contribution in [2.45, 2.75) is 0 Å². The molecule has 1 N–H and O–H groups in total. The Kier molecular flexibility index (Phi) is 2.11. The average molecular weight is 207 g/mol. The maximum absolute atomic E-state index is 9.77. The number of phenolic OH excluding ortho intramolecular Hbond substituents is 1. The van der Waals surface area contributed by atoms with Crippen molar-refractivity contribution in [1.29, 1.82) is 0 Å². The molecule has 4 heteroatoms. The third-order valence-electron chi connectivity index (χ3n) is 2.18. The maximum atomic E-state index is 9.77. The van der Waals surface area contributed by atoms with Gasteiger partial charge in [0.15, 0.2) is 5.75 Å². The van der Waals surface area contributed by atoms with E-state index in [2.05, 4.69) is 6.58 Å². The van der Waals surface area contributed by atoms with E-state index in [-0.39, 0.29) is 11.5 Å². The van der Waals surface area contributed by atoms with Gasteiger partial charge >= 0.3 is 11.2 Å². The highest BCUT2D eigenvalue weighted by atomic mass is 16.5. The zero-order valence-corrected chi connectivity index (χ0v) is 8.53. The molecule has 0 amide bonds. The second-order valence-electron chi connectivity index (χ2n) is 3.09. The second kappa shape index (κ2) is 3.31. The van der Waals surface area contributed by atoms with Crippen LogP contribution in [0.2, 0.25) is 0 Å². The predicted molar refractivity (Wildman–Crippen MR) is 56.3 cm³/mol. The van der Waals surface area contributed by atoms with Crippen LogP contribution in [0.15, 0.2) is 22.8 Å². The van der Waals surface area contributed by atoms with Crippen molar-refractivity contribution >= 4 is 6.08 Å². The van der Waals surface area contributed by atoms with E-state index in [9.17, 15) is 5.11 Å². The molecule has 0 spiro atoms. The largest absolute Gasteiger partial charge is 0.501 e. The number of rotatable bonds is 2. The number of hydrogen-bond donors (Lipinski definition) is 1. The van der Waals surface area contributed by atoms with Crippen molar-refractivity contribution in [2.24, 2.45) is 0 Å². The van der Waals surface area contributed by atoms with Gasteiger partial charge in [0.25, 0.3) is 5.75 Å². The van der Waals surface area contributed by atoms with E-state index in [1.54, 1.807) is 12.1 Å². The lowest BCUT2D eigenvalue weighted by Crippen LogP contribution is -2.23. The zero-order chi connectivity index (χ0) is 11.0. The summed E-state index contributed by atoms with van der Waals surface area (Å²) < 4.78 is 15.4. The van der Waals surface area contributed by atoms with Crippen molar-refractivity contribution in [3.8, 4) is 17.2 Å². The molecule has 15 heavy (non-hydrogen) atoms. The molecule has 78 valence electrons. The Morgan fingerprint density at radius 1 is 1.33 bits per heavy atom. The molecule has 0 bridgehead atoms. The molecule has 0 saturated heterocycles. The minimum Gasteiger partial charge on any atom is -0.501 e. The highest BCUT2D eigenvalue weighted by molar-refractivity contribution is 5.60. The van der Waals surface area contributed by atoms with Gasteiger partial charge in [-0.2, -0.15) is 0 Å². The Balaban J connectivity index is 2.87. The third-order valence-corrected chi connectivity index (χ3v) is 2.18. The van der Waals surface area contributed by atoms with Gasteiger partial charge in [0, 0.05) is 12.6 Å². The lowest BCUT2D eigenvalue weighted by atomic mass is 10.2. The number of phenols is 1.